The molecule has 1 aliphatic rings. The molecule has 2 rings (SSSR count). The molecule has 1 N–H and O–H groups in total. The molecule has 0 aromatic heterocycles. The highest BCUT2D eigenvalue weighted by Gasteiger charge is 2.30. The van der Waals surface area contributed by atoms with E-state index in [0.717, 1.165) is 31.7 Å². The van der Waals surface area contributed by atoms with Gasteiger partial charge in [0.2, 0.25) is 5.91 Å². The Hall–Kier alpha value is -1.61. The number of nitriles is 1. The summed E-state index contributed by atoms with van der Waals surface area (Å²) in [4.78, 5) is 12.8. The molecular weight excluding hydrogens is 306 g/mol. The topological polar surface area (TPSA) is 52.9 Å². The number of rotatable bonds is 5. The zero-order chi connectivity index (χ0) is 15.9. The molecule has 3 nitrogen and oxygen atoms in total. The highest BCUT2D eigenvalue weighted by molar-refractivity contribution is 7.99. The normalized spacial score (nSPS) is 21.1. The van der Waals surface area contributed by atoms with Crippen molar-refractivity contribution in [3.05, 3.63) is 29.8 Å². The summed E-state index contributed by atoms with van der Waals surface area (Å²) in [5.41, 5.74) is 0. The quantitative estimate of drug-likeness (QED) is 0.666. The van der Waals surface area contributed by atoms with Gasteiger partial charge in [-0.2, -0.15) is 5.26 Å². The first-order valence-electron chi connectivity index (χ1n) is 7.34. The molecule has 1 aromatic rings. The second kappa shape index (κ2) is 8.14. The Morgan fingerprint density at radius 2 is 2.09 bits per heavy atom. The van der Waals surface area contributed by atoms with Gasteiger partial charge >= 0.3 is 0 Å². The number of halogens is 2. The van der Waals surface area contributed by atoms with E-state index in [-0.39, 0.29) is 24.3 Å². The molecule has 118 valence electrons. The minimum Gasteiger partial charge on any atom is -0.343 e. The number of carbonyl (C=O) groups excluding carboxylic acids is 1. The standard InChI is InChI=1S/C16H18F2N2OS/c17-14-6-5-12(9-15(14)18)22-10-11-3-1-2-4-13(11)16(21)20-8-7-19/h5-6,9,11,13H,1-4,8,10H2,(H,20,21). The third-order valence-electron chi connectivity index (χ3n) is 3.94. The fourth-order valence-corrected chi connectivity index (χ4v) is 3.94. The minimum atomic E-state index is -0.851. The minimum absolute atomic E-state index is 0.0262. The number of nitrogens with zero attached hydrogens (tertiary/aromatic N) is 1. The van der Waals surface area contributed by atoms with Crippen molar-refractivity contribution in [2.24, 2.45) is 11.8 Å². The van der Waals surface area contributed by atoms with E-state index in [4.69, 9.17) is 5.26 Å². The summed E-state index contributed by atoms with van der Waals surface area (Å²) < 4.78 is 26.1. The largest absolute Gasteiger partial charge is 0.343 e. The van der Waals surface area contributed by atoms with Crippen LogP contribution < -0.4 is 5.32 Å². The molecule has 0 aliphatic heterocycles. The SMILES string of the molecule is N#CCNC(=O)C1CCCCC1CSc1ccc(F)c(F)c1. The lowest BCUT2D eigenvalue weighted by molar-refractivity contribution is -0.127. The van der Waals surface area contributed by atoms with Crippen LogP contribution in [0.15, 0.2) is 23.1 Å². The number of hydrogen-bond donors (Lipinski definition) is 1. The van der Waals surface area contributed by atoms with Crippen molar-refractivity contribution in [2.45, 2.75) is 30.6 Å². The molecule has 2 atom stereocenters. The molecular formula is C16H18F2N2OS. The average Bonchev–Trinajstić information content (AvgIpc) is 2.54. The number of carbonyl (C=O) groups is 1. The van der Waals surface area contributed by atoms with Gasteiger partial charge in [0.25, 0.3) is 0 Å². The van der Waals surface area contributed by atoms with Gasteiger partial charge in [0, 0.05) is 16.6 Å². The molecule has 1 saturated carbocycles. The Morgan fingerprint density at radius 3 is 2.82 bits per heavy atom. The predicted octanol–water partition coefficient (Wildman–Crippen LogP) is 3.50. The summed E-state index contributed by atoms with van der Waals surface area (Å²) in [6, 6.07) is 5.77. The zero-order valence-corrected chi connectivity index (χ0v) is 13.0. The molecule has 2 unspecified atom stereocenters. The second-order valence-electron chi connectivity index (χ2n) is 5.41. The first-order valence-corrected chi connectivity index (χ1v) is 8.33. The van der Waals surface area contributed by atoms with Gasteiger partial charge in [-0.25, -0.2) is 8.78 Å². The summed E-state index contributed by atoms with van der Waals surface area (Å²) in [6.07, 6.45) is 3.85. The number of hydrogen-bond acceptors (Lipinski definition) is 3. The van der Waals surface area contributed by atoms with Crippen molar-refractivity contribution in [3.63, 3.8) is 0 Å². The molecule has 0 radical (unpaired) electrons. The van der Waals surface area contributed by atoms with Crippen LogP contribution in [0, 0.1) is 34.8 Å². The lowest BCUT2D eigenvalue weighted by Gasteiger charge is -2.30. The summed E-state index contributed by atoms with van der Waals surface area (Å²) in [5.74, 6) is -0.981. The highest BCUT2D eigenvalue weighted by atomic mass is 32.2. The molecule has 0 saturated heterocycles. The van der Waals surface area contributed by atoms with Crippen molar-refractivity contribution in [1.29, 1.82) is 5.26 Å². The Labute approximate surface area is 133 Å². The van der Waals surface area contributed by atoms with E-state index in [0.29, 0.717) is 10.6 Å². The highest BCUT2D eigenvalue weighted by Crippen LogP contribution is 2.34. The first-order chi connectivity index (χ1) is 10.6. The Morgan fingerprint density at radius 1 is 1.32 bits per heavy atom. The first kappa shape index (κ1) is 16.8. The molecule has 0 bridgehead atoms. The van der Waals surface area contributed by atoms with Crippen molar-refractivity contribution in [3.8, 4) is 6.07 Å². The van der Waals surface area contributed by atoms with Crippen LogP contribution in [0.5, 0.6) is 0 Å². The van der Waals surface area contributed by atoms with Gasteiger partial charge in [0.1, 0.15) is 6.54 Å². The molecule has 22 heavy (non-hydrogen) atoms. The Bertz CT molecular complexity index is 574. The third-order valence-corrected chi connectivity index (χ3v) is 5.12. The third kappa shape index (κ3) is 4.44. The summed E-state index contributed by atoms with van der Waals surface area (Å²) in [7, 11) is 0. The molecule has 0 heterocycles. The molecule has 1 aliphatic carbocycles. The molecule has 0 spiro atoms. The van der Waals surface area contributed by atoms with E-state index in [2.05, 4.69) is 5.32 Å². The lowest BCUT2D eigenvalue weighted by Crippen LogP contribution is -2.37. The van der Waals surface area contributed by atoms with E-state index >= 15 is 0 Å². The van der Waals surface area contributed by atoms with Crippen molar-refractivity contribution in [2.75, 3.05) is 12.3 Å². The molecule has 6 heteroatoms. The average molecular weight is 324 g/mol. The van der Waals surface area contributed by atoms with Crippen LogP contribution in [-0.4, -0.2) is 18.2 Å². The zero-order valence-electron chi connectivity index (χ0n) is 12.1. The van der Waals surface area contributed by atoms with E-state index in [9.17, 15) is 13.6 Å². The van der Waals surface area contributed by atoms with Crippen molar-refractivity contribution < 1.29 is 13.6 Å². The van der Waals surface area contributed by atoms with Crippen LogP contribution >= 0.6 is 11.8 Å². The fraction of sp³-hybridized carbons (Fsp3) is 0.500. The van der Waals surface area contributed by atoms with Crippen LogP contribution in [0.3, 0.4) is 0 Å². The van der Waals surface area contributed by atoms with Gasteiger partial charge in [0.15, 0.2) is 11.6 Å². The maximum atomic E-state index is 13.2. The van der Waals surface area contributed by atoms with E-state index < -0.39 is 11.6 Å². The van der Waals surface area contributed by atoms with E-state index in [1.165, 1.54) is 17.8 Å². The van der Waals surface area contributed by atoms with Gasteiger partial charge in [0.05, 0.1) is 6.07 Å². The maximum Gasteiger partial charge on any atom is 0.224 e. The molecule has 1 aromatic carbocycles. The summed E-state index contributed by atoms with van der Waals surface area (Å²) in [5, 5.41) is 11.2. The van der Waals surface area contributed by atoms with Crippen LogP contribution in [0.4, 0.5) is 8.78 Å². The Kier molecular flexibility index (Phi) is 6.20. The van der Waals surface area contributed by atoms with E-state index in [1.807, 2.05) is 6.07 Å². The van der Waals surface area contributed by atoms with Gasteiger partial charge in [-0.1, -0.05) is 12.8 Å². The number of amides is 1. The van der Waals surface area contributed by atoms with Crippen molar-refractivity contribution >= 4 is 17.7 Å². The maximum absolute atomic E-state index is 13.2. The van der Waals surface area contributed by atoms with Crippen LogP contribution in [-0.2, 0) is 4.79 Å². The van der Waals surface area contributed by atoms with Crippen LogP contribution in [0.25, 0.3) is 0 Å². The Balaban J connectivity index is 1.95. The number of nitrogens with one attached hydrogen (secondary N) is 1. The fourth-order valence-electron chi connectivity index (χ4n) is 2.78. The van der Waals surface area contributed by atoms with Crippen LogP contribution in [0.2, 0.25) is 0 Å². The smallest absolute Gasteiger partial charge is 0.224 e. The number of thioether (sulfide) groups is 1. The van der Waals surface area contributed by atoms with E-state index in [1.54, 1.807) is 6.07 Å². The number of benzene rings is 1. The molecule has 1 fully saturated rings. The van der Waals surface area contributed by atoms with Gasteiger partial charge in [-0.05, 0) is 37.0 Å². The van der Waals surface area contributed by atoms with Gasteiger partial charge < -0.3 is 5.32 Å². The predicted molar refractivity (Wildman–Crippen MR) is 81.2 cm³/mol. The van der Waals surface area contributed by atoms with Gasteiger partial charge in [-0.3, -0.25) is 4.79 Å². The second-order valence-corrected chi connectivity index (χ2v) is 6.51. The van der Waals surface area contributed by atoms with Crippen LogP contribution in [0.1, 0.15) is 25.7 Å². The van der Waals surface area contributed by atoms with Gasteiger partial charge in [-0.15, -0.1) is 11.8 Å². The summed E-state index contributed by atoms with van der Waals surface area (Å²) >= 11 is 1.44. The van der Waals surface area contributed by atoms with Crippen molar-refractivity contribution in [1.82, 2.24) is 5.32 Å². The molecule has 1 amide bonds. The lowest BCUT2D eigenvalue weighted by atomic mass is 9.80. The summed E-state index contributed by atoms with van der Waals surface area (Å²) in [6.45, 7) is 0.0262. The monoisotopic (exact) mass is 324 g/mol.